The molecule has 1 N–H and O–H groups in total. The van der Waals surface area contributed by atoms with Crippen LogP contribution in [0.3, 0.4) is 0 Å². The summed E-state index contributed by atoms with van der Waals surface area (Å²) < 4.78 is 28.9. The number of benzene rings is 2. The summed E-state index contributed by atoms with van der Waals surface area (Å²) in [4.78, 5) is 27.2. The maximum atomic E-state index is 12.4. The molecule has 0 bridgehead atoms. The molecule has 9 nitrogen and oxygen atoms in total. The molecule has 0 saturated carbocycles. The van der Waals surface area contributed by atoms with Gasteiger partial charge in [-0.15, -0.1) is 0 Å². The molecular formula is C19H17N3O6S. The van der Waals surface area contributed by atoms with Crippen LogP contribution in [0.5, 0.6) is 0 Å². The van der Waals surface area contributed by atoms with Gasteiger partial charge in [0, 0.05) is 18.6 Å². The van der Waals surface area contributed by atoms with Crippen LogP contribution < -0.4 is 5.32 Å². The Bertz CT molecular complexity index is 1220. The first-order chi connectivity index (χ1) is 13.8. The number of hydrogen-bond donors (Lipinski definition) is 1. The summed E-state index contributed by atoms with van der Waals surface area (Å²) in [6.45, 7) is 0. The lowest BCUT2D eigenvalue weighted by atomic mass is 10.0. The van der Waals surface area contributed by atoms with Crippen LogP contribution in [0, 0.1) is 16.0 Å². The number of anilines is 1. The predicted octanol–water partition coefficient (Wildman–Crippen LogP) is 3.17. The van der Waals surface area contributed by atoms with Crippen molar-refractivity contribution in [2.45, 2.75) is 12.8 Å². The first-order valence-electron chi connectivity index (χ1n) is 8.95. The Morgan fingerprint density at radius 3 is 2.79 bits per heavy atom. The van der Waals surface area contributed by atoms with Crippen LogP contribution >= 0.6 is 0 Å². The van der Waals surface area contributed by atoms with Gasteiger partial charge < -0.3 is 9.73 Å². The molecular weight excluding hydrogens is 398 g/mol. The lowest BCUT2D eigenvalue weighted by Gasteiger charge is -2.11. The molecule has 4 rings (SSSR count). The smallest absolute Gasteiger partial charge is 0.271 e. The van der Waals surface area contributed by atoms with E-state index in [1.165, 1.54) is 18.2 Å². The highest BCUT2D eigenvalue weighted by atomic mass is 32.2. The average molecular weight is 415 g/mol. The van der Waals surface area contributed by atoms with E-state index in [0.717, 1.165) is 0 Å². The van der Waals surface area contributed by atoms with E-state index in [9.17, 15) is 23.3 Å². The number of amides is 1. The van der Waals surface area contributed by atoms with E-state index in [-0.39, 0.29) is 41.3 Å². The first-order valence-corrected chi connectivity index (χ1v) is 10.8. The fraction of sp³-hybridized carbons (Fsp3) is 0.263. The molecule has 1 aromatic heterocycles. The first kappa shape index (κ1) is 19.1. The molecule has 1 fully saturated rings. The van der Waals surface area contributed by atoms with Crippen LogP contribution in [0.1, 0.15) is 12.8 Å². The second kappa shape index (κ2) is 7.28. The number of aromatic nitrogens is 1. The fourth-order valence-electron chi connectivity index (χ4n) is 3.42. The van der Waals surface area contributed by atoms with Gasteiger partial charge in [-0.25, -0.2) is 13.4 Å². The molecule has 1 unspecified atom stereocenters. The number of para-hydroxylation sites is 1. The highest BCUT2D eigenvalue weighted by molar-refractivity contribution is 7.91. The quantitative estimate of drug-likeness (QED) is 0.500. The summed E-state index contributed by atoms with van der Waals surface area (Å²) in [5, 5.41) is 13.7. The second-order valence-electron chi connectivity index (χ2n) is 7.00. The number of rotatable bonds is 5. The monoisotopic (exact) mass is 415 g/mol. The van der Waals surface area contributed by atoms with Crippen molar-refractivity contribution in [3.8, 4) is 11.5 Å². The minimum Gasteiger partial charge on any atom is -0.436 e. The summed E-state index contributed by atoms with van der Waals surface area (Å²) in [6.07, 6.45) is 0.606. The lowest BCUT2D eigenvalue weighted by molar-refractivity contribution is -0.384. The maximum Gasteiger partial charge on any atom is 0.271 e. The molecule has 10 heteroatoms. The lowest BCUT2D eigenvalue weighted by Crippen LogP contribution is -2.17. The van der Waals surface area contributed by atoms with Crippen molar-refractivity contribution in [2.75, 3.05) is 16.8 Å². The van der Waals surface area contributed by atoms with Crippen molar-refractivity contribution < 1.29 is 22.6 Å². The second-order valence-corrected chi connectivity index (χ2v) is 9.22. The van der Waals surface area contributed by atoms with Crippen LogP contribution in [0.25, 0.3) is 22.6 Å². The van der Waals surface area contributed by atoms with Gasteiger partial charge in [-0.1, -0.05) is 12.1 Å². The van der Waals surface area contributed by atoms with Gasteiger partial charge in [-0.2, -0.15) is 0 Å². The van der Waals surface area contributed by atoms with Gasteiger partial charge in [0.15, 0.2) is 15.4 Å². The van der Waals surface area contributed by atoms with E-state index >= 15 is 0 Å². The number of sulfone groups is 1. The Kier molecular flexibility index (Phi) is 4.79. The number of carbonyl (C=O) groups excluding carboxylic acids is 1. The summed E-state index contributed by atoms with van der Waals surface area (Å²) in [7, 11) is -3.04. The molecule has 0 aliphatic carbocycles. The van der Waals surface area contributed by atoms with Gasteiger partial charge in [0.1, 0.15) is 5.52 Å². The highest BCUT2D eigenvalue weighted by Gasteiger charge is 2.29. The van der Waals surface area contributed by atoms with Crippen molar-refractivity contribution in [2.24, 2.45) is 5.92 Å². The zero-order valence-electron chi connectivity index (χ0n) is 15.2. The molecule has 150 valence electrons. The third-order valence-electron chi connectivity index (χ3n) is 4.81. The zero-order chi connectivity index (χ0) is 20.6. The SMILES string of the molecule is O=C(CC1CCS(=O)(=O)C1)Nc1ccccc1-c1nc2cc([N+](=O)[O-])ccc2o1. The van der Waals surface area contributed by atoms with E-state index in [1.807, 2.05) is 0 Å². The Hall–Kier alpha value is -3.27. The van der Waals surface area contributed by atoms with Gasteiger partial charge in [0.25, 0.3) is 5.69 Å². The van der Waals surface area contributed by atoms with Gasteiger partial charge >= 0.3 is 0 Å². The standard InChI is InChI=1S/C19H17N3O6S/c23-18(9-12-7-8-29(26,27)11-12)20-15-4-2-1-3-14(15)19-21-16-10-13(22(24)25)5-6-17(16)28-19/h1-6,10,12H,7-9,11H2,(H,20,23). The third-order valence-corrected chi connectivity index (χ3v) is 6.65. The van der Waals surface area contributed by atoms with E-state index in [0.29, 0.717) is 28.8 Å². The Labute approximate surface area is 165 Å². The number of nitro groups is 1. The number of carbonyl (C=O) groups is 1. The van der Waals surface area contributed by atoms with Crippen molar-refractivity contribution in [1.82, 2.24) is 4.98 Å². The van der Waals surface area contributed by atoms with E-state index in [2.05, 4.69) is 10.3 Å². The molecule has 1 aliphatic rings. The summed E-state index contributed by atoms with van der Waals surface area (Å²) in [6, 6.07) is 11.0. The zero-order valence-corrected chi connectivity index (χ0v) is 16.0. The summed E-state index contributed by atoms with van der Waals surface area (Å²) in [5.74, 6) is -0.0917. The molecule has 2 aromatic carbocycles. The average Bonchev–Trinajstić information content (AvgIpc) is 3.23. The van der Waals surface area contributed by atoms with Gasteiger partial charge in [-0.3, -0.25) is 14.9 Å². The number of nitrogens with zero attached hydrogens (tertiary/aromatic N) is 2. The Morgan fingerprint density at radius 2 is 2.07 bits per heavy atom. The van der Waals surface area contributed by atoms with Crippen LogP contribution in [-0.4, -0.2) is 35.7 Å². The molecule has 0 spiro atoms. The number of hydrogen-bond acceptors (Lipinski definition) is 7. The van der Waals surface area contributed by atoms with Gasteiger partial charge in [-0.05, 0) is 30.5 Å². The van der Waals surface area contributed by atoms with Crippen molar-refractivity contribution in [3.63, 3.8) is 0 Å². The molecule has 0 radical (unpaired) electrons. The minimum absolute atomic E-state index is 0.0337. The molecule has 1 amide bonds. The molecule has 2 heterocycles. The number of fused-ring (bicyclic) bond motifs is 1. The third kappa shape index (κ3) is 4.11. The topological polar surface area (TPSA) is 132 Å². The van der Waals surface area contributed by atoms with Crippen LogP contribution in [0.4, 0.5) is 11.4 Å². The van der Waals surface area contributed by atoms with E-state index in [1.54, 1.807) is 24.3 Å². The molecule has 29 heavy (non-hydrogen) atoms. The Balaban J connectivity index is 1.57. The normalized spacial score (nSPS) is 18.0. The van der Waals surface area contributed by atoms with Crippen molar-refractivity contribution in [1.29, 1.82) is 0 Å². The predicted molar refractivity (Wildman–Crippen MR) is 106 cm³/mol. The molecule has 1 saturated heterocycles. The van der Waals surface area contributed by atoms with E-state index in [4.69, 9.17) is 4.42 Å². The number of nitro benzene ring substituents is 1. The molecule has 3 aromatic rings. The minimum atomic E-state index is -3.04. The van der Waals surface area contributed by atoms with E-state index < -0.39 is 14.8 Å². The van der Waals surface area contributed by atoms with Crippen LogP contribution in [0.2, 0.25) is 0 Å². The number of oxazole rings is 1. The number of non-ortho nitro benzene ring substituents is 1. The summed E-state index contributed by atoms with van der Waals surface area (Å²) in [5.41, 5.74) is 1.64. The summed E-state index contributed by atoms with van der Waals surface area (Å²) >= 11 is 0. The highest BCUT2D eigenvalue weighted by Crippen LogP contribution is 2.32. The molecule has 1 atom stereocenters. The van der Waals surface area contributed by atoms with Crippen molar-refractivity contribution in [3.05, 3.63) is 52.6 Å². The molecule has 1 aliphatic heterocycles. The van der Waals surface area contributed by atoms with Crippen molar-refractivity contribution >= 4 is 38.2 Å². The van der Waals surface area contributed by atoms with Gasteiger partial charge in [0.05, 0.1) is 27.7 Å². The van der Waals surface area contributed by atoms with Crippen LogP contribution in [-0.2, 0) is 14.6 Å². The number of nitrogens with one attached hydrogen (secondary N) is 1. The van der Waals surface area contributed by atoms with Crippen LogP contribution in [0.15, 0.2) is 46.9 Å². The Morgan fingerprint density at radius 1 is 1.28 bits per heavy atom. The largest absolute Gasteiger partial charge is 0.436 e. The maximum absolute atomic E-state index is 12.4. The van der Waals surface area contributed by atoms with Gasteiger partial charge in [0.2, 0.25) is 11.8 Å². The fourth-order valence-corrected chi connectivity index (χ4v) is 5.28.